The smallest absolute Gasteiger partial charge is 0.117 e. The molecular weight excluding hydrogens is 246 g/mol. The van der Waals surface area contributed by atoms with Gasteiger partial charge in [0.05, 0.1) is 11.7 Å². The van der Waals surface area contributed by atoms with Crippen molar-refractivity contribution in [2.75, 3.05) is 5.73 Å². The lowest BCUT2D eigenvalue weighted by molar-refractivity contribution is 0.962. The zero-order valence-electron chi connectivity index (χ0n) is 9.68. The number of rotatable bonds is 2. The van der Waals surface area contributed by atoms with E-state index in [2.05, 4.69) is 4.98 Å². The number of hydrogen-bond donors (Lipinski definition) is 1. The lowest BCUT2D eigenvalue weighted by Gasteiger charge is -2.02. The molecule has 0 bridgehead atoms. The van der Waals surface area contributed by atoms with E-state index in [1.54, 1.807) is 0 Å². The summed E-state index contributed by atoms with van der Waals surface area (Å²) < 4.78 is 2.05. The molecule has 1 aromatic carbocycles. The molecular formula is C14H12ClN3. The second-order valence-electron chi connectivity index (χ2n) is 4.23. The Hall–Kier alpha value is -2.00. The number of halogens is 1. The fraction of sp³-hybridized carbons (Fsp3) is 0.0714. The Balaban J connectivity index is 1.97. The Morgan fingerprint density at radius 2 is 1.94 bits per heavy atom. The fourth-order valence-corrected chi connectivity index (χ4v) is 2.11. The van der Waals surface area contributed by atoms with Crippen LogP contribution in [-0.4, -0.2) is 9.38 Å². The average Bonchev–Trinajstić information content (AvgIpc) is 2.74. The highest BCUT2D eigenvalue weighted by Crippen LogP contribution is 2.16. The van der Waals surface area contributed by atoms with Crippen LogP contribution in [0.1, 0.15) is 11.4 Å². The van der Waals surface area contributed by atoms with Gasteiger partial charge in [0.1, 0.15) is 5.82 Å². The minimum atomic E-state index is 0.750. The van der Waals surface area contributed by atoms with Crippen molar-refractivity contribution in [1.82, 2.24) is 9.38 Å². The monoisotopic (exact) mass is 257 g/mol. The molecule has 0 spiro atoms. The van der Waals surface area contributed by atoms with Crippen molar-refractivity contribution in [1.29, 1.82) is 0 Å². The van der Waals surface area contributed by atoms with Crippen molar-refractivity contribution < 1.29 is 0 Å². The molecule has 90 valence electrons. The number of nitrogen functional groups attached to an aromatic ring is 1. The summed E-state index contributed by atoms with van der Waals surface area (Å²) >= 11 is 5.87. The third-order valence-corrected chi connectivity index (χ3v) is 3.16. The number of fused-ring (bicyclic) bond motifs is 1. The number of nitrogens with zero attached hydrogens (tertiary/aromatic N) is 2. The van der Waals surface area contributed by atoms with Crippen LogP contribution >= 0.6 is 11.6 Å². The number of nitrogens with two attached hydrogens (primary N) is 1. The van der Waals surface area contributed by atoms with Gasteiger partial charge in [0.2, 0.25) is 0 Å². The van der Waals surface area contributed by atoms with Crippen molar-refractivity contribution in [3.05, 3.63) is 65.2 Å². The molecule has 2 heterocycles. The molecule has 0 aliphatic heterocycles. The molecule has 0 aliphatic carbocycles. The van der Waals surface area contributed by atoms with Gasteiger partial charge < -0.3 is 10.1 Å². The lowest BCUT2D eigenvalue weighted by atomic mass is 10.1. The standard InChI is InChI=1S/C14H12ClN3/c15-11-3-1-10(2-4-11)7-14-17-9-13-8-12(16)5-6-18(13)14/h1-6,8-9H,7,16H2. The van der Waals surface area contributed by atoms with Crippen LogP contribution < -0.4 is 5.73 Å². The van der Waals surface area contributed by atoms with E-state index in [-0.39, 0.29) is 0 Å². The molecule has 0 aliphatic rings. The lowest BCUT2D eigenvalue weighted by Crippen LogP contribution is -1.96. The number of benzene rings is 1. The normalized spacial score (nSPS) is 10.9. The maximum absolute atomic E-state index is 5.87. The summed E-state index contributed by atoms with van der Waals surface area (Å²) in [7, 11) is 0. The highest BCUT2D eigenvalue weighted by molar-refractivity contribution is 6.30. The van der Waals surface area contributed by atoms with Crippen LogP contribution in [0.15, 0.2) is 48.8 Å². The SMILES string of the molecule is Nc1ccn2c(Cc3ccc(Cl)cc3)ncc2c1. The van der Waals surface area contributed by atoms with Gasteiger partial charge in [0.25, 0.3) is 0 Å². The molecule has 3 aromatic rings. The second-order valence-corrected chi connectivity index (χ2v) is 4.67. The molecule has 0 atom stereocenters. The van der Waals surface area contributed by atoms with Gasteiger partial charge in [-0.2, -0.15) is 0 Å². The number of pyridine rings is 1. The quantitative estimate of drug-likeness (QED) is 0.766. The van der Waals surface area contributed by atoms with E-state index >= 15 is 0 Å². The first kappa shape index (κ1) is 11.1. The van der Waals surface area contributed by atoms with E-state index in [1.807, 2.05) is 53.2 Å². The molecule has 0 saturated heterocycles. The van der Waals surface area contributed by atoms with Crippen molar-refractivity contribution in [2.24, 2.45) is 0 Å². The Labute approximate surface area is 110 Å². The highest BCUT2D eigenvalue weighted by Gasteiger charge is 2.04. The molecule has 2 aromatic heterocycles. The minimum Gasteiger partial charge on any atom is -0.399 e. The van der Waals surface area contributed by atoms with E-state index < -0.39 is 0 Å². The Bertz CT molecular complexity index is 686. The van der Waals surface area contributed by atoms with Crippen LogP contribution in [-0.2, 0) is 6.42 Å². The van der Waals surface area contributed by atoms with E-state index in [0.29, 0.717) is 0 Å². The average molecular weight is 258 g/mol. The molecule has 0 fully saturated rings. The van der Waals surface area contributed by atoms with Gasteiger partial charge in [0, 0.05) is 23.3 Å². The van der Waals surface area contributed by atoms with E-state index in [0.717, 1.165) is 28.5 Å². The number of anilines is 1. The number of aromatic nitrogens is 2. The Kier molecular flexibility index (Phi) is 2.68. The maximum Gasteiger partial charge on any atom is 0.117 e. The summed E-state index contributed by atoms with van der Waals surface area (Å²) in [5, 5.41) is 0.750. The van der Waals surface area contributed by atoms with Gasteiger partial charge in [-0.15, -0.1) is 0 Å². The van der Waals surface area contributed by atoms with Gasteiger partial charge in [0.15, 0.2) is 0 Å². The highest BCUT2D eigenvalue weighted by atomic mass is 35.5. The predicted octanol–water partition coefficient (Wildman–Crippen LogP) is 3.16. The van der Waals surface area contributed by atoms with E-state index in [1.165, 1.54) is 5.56 Å². The topological polar surface area (TPSA) is 43.3 Å². The van der Waals surface area contributed by atoms with Gasteiger partial charge >= 0.3 is 0 Å². The van der Waals surface area contributed by atoms with E-state index in [4.69, 9.17) is 17.3 Å². The molecule has 3 nitrogen and oxygen atoms in total. The molecule has 3 rings (SSSR count). The summed E-state index contributed by atoms with van der Waals surface area (Å²) in [6.07, 6.45) is 4.56. The summed E-state index contributed by atoms with van der Waals surface area (Å²) in [5.41, 5.74) is 8.69. The van der Waals surface area contributed by atoms with Gasteiger partial charge in [-0.05, 0) is 29.8 Å². The predicted molar refractivity (Wildman–Crippen MR) is 73.9 cm³/mol. The molecule has 18 heavy (non-hydrogen) atoms. The zero-order valence-corrected chi connectivity index (χ0v) is 10.4. The van der Waals surface area contributed by atoms with Crippen molar-refractivity contribution in [2.45, 2.75) is 6.42 Å². The molecule has 4 heteroatoms. The Morgan fingerprint density at radius 1 is 1.17 bits per heavy atom. The summed E-state index contributed by atoms with van der Waals surface area (Å²) in [4.78, 5) is 4.43. The van der Waals surface area contributed by atoms with Crippen molar-refractivity contribution >= 4 is 22.8 Å². The molecule has 0 saturated carbocycles. The second kappa shape index (κ2) is 4.35. The summed E-state index contributed by atoms with van der Waals surface area (Å²) in [6.45, 7) is 0. The van der Waals surface area contributed by atoms with Gasteiger partial charge in [-0.1, -0.05) is 23.7 Å². The summed E-state index contributed by atoms with van der Waals surface area (Å²) in [5.74, 6) is 0.993. The van der Waals surface area contributed by atoms with Gasteiger partial charge in [-0.25, -0.2) is 4.98 Å². The zero-order chi connectivity index (χ0) is 12.5. The molecule has 0 unspecified atom stereocenters. The molecule has 0 amide bonds. The molecule has 2 N–H and O–H groups in total. The van der Waals surface area contributed by atoms with Crippen LogP contribution in [0.3, 0.4) is 0 Å². The third kappa shape index (κ3) is 2.05. The van der Waals surface area contributed by atoms with Crippen LogP contribution in [0.4, 0.5) is 5.69 Å². The first-order chi connectivity index (χ1) is 8.72. The summed E-state index contributed by atoms with van der Waals surface area (Å²) in [6, 6.07) is 11.6. The minimum absolute atomic E-state index is 0.750. The number of imidazole rings is 1. The van der Waals surface area contributed by atoms with E-state index in [9.17, 15) is 0 Å². The maximum atomic E-state index is 5.87. The fourth-order valence-electron chi connectivity index (χ4n) is 1.99. The van der Waals surface area contributed by atoms with Gasteiger partial charge in [-0.3, -0.25) is 0 Å². The van der Waals surface area contributed by atoms with Crippen LogP contribution in [0.2, 0.25) is 5.02 Å². The first-order valence-electron chi connectivity index (χ1n) is 5.68. The third-order valence-electron chi connectivity index (χ3n) is 2.91. The van der Waals surface area contributed by atoms with Crippen LogP contribution in [0.5, 0.6) is 0 Å². The van der Waals surface area contributed by atoms with Crippen molar-refractivity contribution in [3.63, 3.8) is 0 Å². The van der Waals surface area contributed by atoms with Crippen molar-refractivity contribution in [3.8, 4) is 0 Å². The van der Waals surface area contributed by atoms with Crippen LogP contribution in [0.25, 0.3) is 5.52 Å². The van der Waals surface area contributed by atoms with Crippen LogP contribution in [0, 0.1) is 0 Å². The Morgan fingerprint density at radius 3 is 2.72 bits per heavy atom. The molecule has 0 radical (unpaired) electrons. The number of hydrogen-bond acceptors (Lipinski definition) is 2. The largest absolute Gasteiger partial charge is 0.399 e. The first-order valence-corrected chi connectivity index (χ1v) is 6.06.